The highest BCUT2D eigenvalue weighted by Gasteiger charge is 2.40. The highest BCUT2D eigenvalue weighted by Crippen LogP contribution is 2.55. The fraction of sp³-hybridized carbons (Fsp3) is 0.107. The van der Waals surface area contributed by atoms with Crippen molar-refractivity contribution in [2.24, 2.45) is 0 Å². The summed E-state index contributed by atoms with van der Waals surface area (Å²) in [6, 6.07) is 67.9. The van der Waals surface area contributed by atoms with E-state index >= 15 is 0 Å². The fourth-order valence-corrected chi connectivity index (χ4v) is 10.6. The van der Waals surface area contributed by atoms with E-state index in [-0.39, 0.29) is 10.8 Å². The molecular formula is C56H42N2. The second kappa shape index (κ2) is 11.8. The molecule has 9 aromatic carbocycles. The molecule has 2 heteroatoms. The summed E-state index contributed by atoms with van der Waals surface area (Å²) in [4.78, 5) is 2.44. The Hall–Kier alpha value is -6.90. The minimum atomic E-state index is -0.251. The quantitative estimate of drug-likeness (QED) is 0.174. The van der Waals surface area contributed by atoms with Gasteiger partial charge in [0, 0.05) is 44.4 Å². The molecule has 276 valence electrons. The molecule has 58 heavy (non-hydrogen) atoms. The van der Waals surface area contributed by atoms with Crippen molar-refractivity contribution in [3.05, 3.63) is 204 Å². The summed E-state index contributed by atoms with van der Waals surface area (Å²) in [7, 11) is 0. The summed E-state index contributed by atoms with van der Waals surface area (Å²) in [5.41, 5.74) is 17.7. The number of anilines is 3. The Labute approximate surface area is 339 Å². The normalized spacial score (nSPS) is 14.5. The first-order chi connectivity index (χ1) is 28.3. The van der Waals surface area contributed by atoms with E-state index in [0.29, 0.717) is 0 Å². The average molecular weight is 743 g/mol. The average Bonchev–Trinajstić information content (AvgIpc) is 3.79. The molecule has 0 amide bonds. The van der Waals surface area contributed by atoms with Gasteiger partial charge in [-0.2, -0.15) is 0 Å². The maximum absolute atomic E-state index is 2.49. The number of para-hydroxylation sites is 3. The molecule has 1 heterocycles. The van der Waals surface area contributed by atoms with Gasteiger partial charge >= 0.3 is 0 Å². The molecule has 0 atom stereocenters. The van der Waals surface area contributed by atoms with E-state index in [9.17, 15) is 0 Å². The summed E-state index contributed by atoms with van der Waals surface area (Å²) in [6.07, 6.45) is 0. The van der Waals surface area contributed by atoms with Crippen molar-refractivity contribution < 1.29 is 0 Å². The summed E-state index contributed by atoms with van der Waals surface area (Å²) in [5, 5.41) is 7.70. The van der Waals surface area contributed by atoms with E-state index in [1.807, 2.05) is 0 Å². The molecule has 2 aliphatic rings. The second-order valence-electron chi connectivity index (χ2n) is 17.4. The van der Waals surface area contributed by atoms with Crippen LogP contribution in [0.4, 0.5) is 17.1 Å². The highest BCUT2D eigenvalue weighted by atomic mass is 15.1. The number of nitrogens with zero attached hydrogens (tertiary/aromatic N) is 2. The Kier molecular flexibility index (Phi) is 6.78. The molecule has 0 saturated heterocycles. The van der Waals surface area contributed by atoms with E-state index in [2.05, 4.69) is 219 Å². The molecule has 0 spiro atoms. The van der Waals surface area contributed by atoms with Crippen LogP contribution < -0.4 is 4.90 Å². The number of benzene rings is 9. The first-order valence-electron chi connectivity index (χ1n) is 20.5. The lowest BCUT2D eigenvalue weighted by Crippen LogP contribution is -2.18. The Morgan fingerprint density at radius 3 is 1.71 bits per heavy atom. The summed E-state index contributed by atoms with van der Waals surface area (Å²) in [5.74, 6) is 0. The minimum absolute atomic E-state index is 0.101. The molecule has 0 radical (unpaired) electrons. The number of hydrogen-bond acceptors (Lipinski definition) is 1. The standard InChI is InChI=1S/C56H42N2/c1-55(2)49-32-36-16-12-11-15-35(36)30-47(49)48-31-37-23-24-41(29-38(37)33-50(48)55)57(39-17-7-5-8-18-39)42-25-26-43-45-27-28-46-44-21-13-14-22-52(44)58(40-19-9-6-10-20-40)54(46)53(45)56(3,4)51(43)34-42/h5-34H,1-4H3. The molecule has 1 aromatic heterocycles. The Morgan fingerprint density at radius 1 is 0.379 bits per heavy atom. The van der Waals surface area contributed by atoms with Gasteiger partial charge in [-0.15, -0.1) is 0 Å². The molecule has 0 aliphatic heterocycles. The van der Waals surface area contributed by atoms with Crippen LogP contribution in [-0.4, -0.2) is 4.57 Å². The van der Waals surface area contributed by atoms with Crippen molar-refractivity contribution >= 4 is 60.4 Å². The zero-order valence-corrected chi connectivity index (χ0v) is 33.2. The van der Waals surface area contributed by atoms with Crippen LogP contribution >= 0.6 is 0 Å². The summed E-state index contributed by atoms with van der Waals surface area (Å²) in [6.45, 7) is 9.60. The first-order valence-corrected chi connectivity index (χ1v) is 20.5. The Balaban J connectivity index is 1.02. The van der Waals surface area contributed by atoms with Crippen molar-refractivity contribution in [2.75, 3.05) is 4.90 Å². The number of aromatic nitrogens is 1. The van der Waals surface area contributed by atoms with Crippen molar-refractivity contribution in [2.45, 2.75) is 38.5 Å². The number of rotatable bonds is 4. The van der Waals surface area contributed by atoms with Crippen LogP contribution in [-0.2, 0) is 10.8 Å². The molecule has 2 aliphatic carbocycles. The van der Waals surface area contributed by atoms with Crippen molar-refractivity contribution in [3.8, 4) is 27.9 Å². The monoisotopic (exact) mass is 742 g/mol. The fourth-order valence-electron chi connectivity index (χ4n) is 10.6. The zero-order valence-electron chi connectivity index (χ0n) is 33.2. The van der Waals surface area contributed by atoms with Crippen molar-refractivity contribution in [3.63, 3.8) is 0 Å². The molecular weight excluding hydrogens is 701 g/mol. The SMILES string of the molecule is CC1(C)c2cc3ccccc3cc2-c2cc3ccc(N(c4ccccc4)c4ccc5c(c4)C(C)(C)c4c-5ccc5c6ccccc6n(-c6ccccc6)c45)cc3cc21. The molecule has 12 rings (SSSR count). The van der Waals surface area contributed by atoms with Crippen molar-refractivity contribution in [1.82, 2.24) is 4.57 Å². The van der Waals surface area contributed by atoms with Gasteiger partial charge in [-0.05, 0) is 145 Å². The maximum Gasteiger partial charge on any atom is 0.0588 e. The minimum Gasteiger partial charge on any atom is -0.310 e. The van der Waals surface area contributed by atoms with Crippen LogP contribution in [0.1, 0.15) is 49.9 Å². The Morgan fingerprint density at radius 2 is 0.948 bits per heavy atom. The lowest BCUT2D eigenvalue weighted by Gasteiger charge is -2.29. The third kappa shape index (κ3) is 4.54. The molecule has 0 N–H and O–H groups in total. The Bertz CT molecular complexity index is 3330. The third-order valence-corrected chi connectivity index (χ3v) is 13.5. The largest absolute Gasteiger partial charge is 0.310 e. The van der Waals surface area contributed by atoms with E-state index in [1.54, 1.807) is 0 Å². The molecule has 0 unspecified atom stereocenters. The third-order valence-electron chi connectivity index (χ3n) is 13.5. The predicted octanol–water partition coefficient (Wildman–Crippen LogP) is 15.2. The van der Waals surface area contributed by atoms with Gasteiger partial charge in [-0.3, -0.25) is 0 Å². The van der Waals surface area contributed by atoms with E-state index in [1.165, 1.54) is 93.5 Å². The first kappa shape index (κ1) is 33.3. The van der Waals surface area contributed by atoms with Gasteiger partial charge in [0.25, 0.3) is 0 Å². The second-order valence-corrected chi connectivity index (χ2v) is 17.4. The van der Waals surface area contributed by atoms with Gasteiger partial charge < -0.3 is 9.47 Å². The number of hydrogen-bond donors (Lipinski definition) is 0. The van der Waals surface area contributed by atoms with Crippen LogP contribution in [0, 0.1) is 0 Å². The van der Waals surface area contributed by atoms with Gasteiger partial charge in [-0.1, -0.05) is 131 Å². The molecule has 0 bridgehead atoms. The van der Waals surface area contributed by atoms with Crippen LogP contribution in [0.15, 0.2) is 182 Å². The lowest BCUT2D eigenvalue weighted by molar-refractivity contribution is 0.662. The summed E-state index contributed by atoms with van der Waals surface area (Å²) < 4.78 is 2.49. The van der Waals surface area contributed by atoms with Gasteiger partial charge in [0.05, 0.1) is 11.0 Å². The van der Waals surface area contributed by atoms with Crippen LogP contribution in [0.2, 0.25) is 0 Å². The summed E-state index contributed by atoms with van der Waals surface area (Å²) >= 11 is 0. The van der Waals surface area contributed by atoms with Gasteiger partial charge in [-0.25, -0.2) is 0 Å². The molecule has 10 aromatic rings. The van der Waals surface area contributed by atoms with Crippen molar-refractivity contribution in [1.29, 1.82) is 0 Å². The lowest BCUT2D eigenvalue weighted by atomic mass is 9.81. The van der Waals surface area contributed by atoms with Gasteiger partial charge in [0.2, 0.25) is 0 Å². The molecule has 0 fully saturated rings. The van der Waals surface area contributed by atoms with E-state index < -0.39 is 0 Å². The molecule has 2 nitrogen and oxygen atoms in total. The highest BCUT2D eigenvalue weighted by molar-refractivity contribution is 6.13. The van der Waals surface area contributed by atoms with Crippen LogP contribution in [0.3, 0.4) is 0 Å². The van der Waals surface area contributed by atoms with Crippen LogP contribution in [0.5, 0.6) is 0 Å². The predicted molar refractivity (Wildman–Crippen MR) is 246 cm³/mol. The smallest absolute Gasteiger partial charge is 0.0588 e. The van der Waals surface area contributed by atoms with Crippen LogP contribution in [0.25, 0.3) is 71.3 Å². The van der Waals surface area contributed by atoms with Gasteiger partial charge in [0.1, 0.15) is 0 Å². The van der Waals surface area contributed by atoms with Gasteiger partial charge in [0.15, 0.2) is 0 Å². The zero-order chi connectivity index (χ0) is 38.9. The maximum atomic E-state index is 2.49. The molecule has 0 saturated carbocycles. The number of fused-ring (bicyclic) bond motifs is 12. The van der Waals surface area contributed by atoms with E-state index in [4.69, 9.17) is 0 Å². The van der Waals surface area contributed by atoms with E-state index in [0.717, 1.165) is 17.1 Å². The topological polar surface area (TPSA) is 8.17 Å².